The van der Waals surface area contributed by atoms with Gasteiger partial charge in [-0.1, -0.05) is 81.5 Å². The van der Waals surface area contributed by atoms with Crippen LogP contribution in [0.2, 0.25) is 0 Å². The van der Waals surface area contributed by atoms with Gasteiger partial charge in [-0.3, -0.25) is 0 Å². The highest BCUT2D eigenvalue weighted by Gasteiger charge is 2.31. The standard InChI is InChI=1S/C32H35FO/c1-7-25-27(31(33)23(4)22(3)30-21(2)13-12-20-32(30,5)6)17-11-19-28(25)34-29-18-10-15-24-14-8-9-16-26(24)29/h8-11,14-19H,3,7,12-13,20H2,1-2,4-6H3/b31-23-. The maximum atomic E-state index is 16.1. The van der Waals surface area contributed by atoms with Crippen LogP contribution in [-0.2, 0) is 6.42 Å². The van der Waals surface area contributed by atoms with Gasteiger partial charge in [-0.15, -0.1) is 0 Å². The van der Waals surface area contributed by atoms with Gasteiger partial charge < -0.3 is 4.74 Å². The number of hydrogen-bond acceptors (Lipinski definition) is 1. The minimum atomic E-state index is -0.216. The maximum Gasteiger partial charge on any atom is 0.135 e. The van der Waals surface area contributed by atoms with Crippen LogP contribution >= 0.6 is 0 Å². The van der Waals surface area contributed by atoms with Gasteiger partial charge in [0.05, 0.1) is 0 Å². The van der Waals surface area contributed by atoms with E-state index in [1.165, 1.54) is 17.6 Å². The highest BCUT2D eigenvalue weighted by molar-refractivity contribution is 5.88. The number of ether oxygens (including phenoxy) is 1. The quantitative estimate of drug-likeness (QED) is 0.337. The van der Waals surface area contributed by atoms with Gasteiger partial charge >= 0.3 is 0 Å². The lowest BCUT2D eigenvalue weighted by Crippen LogP contribution is -2.22. The summed E-state index contributed by atoms with van der Waals surface area (Å²) in [6, 6.07) is 19.8. The van der Waals surface area contributed by atoms with Crippen molar-refractivity contribution in [1.82, 2.24) is 0 Å². The molecule has 0 saturated heterocycles. The maximum absolute atomic E-state index is 16.1. The number of rotatable bonds is 6. The third-order valence-electron chi connectivity index (χ3n) is 7.23. The molecule has 0 atom stereocenters. The van der Waals surface area contributed by atoms with Crippen molar-refractivity contribution in [2.24, 2.45) is 5.41 Å². The van der Waals surface area contributed by atoms with E-state index in [-0.39, 0.29) is 11.2 Å². The molecular formula is C32H35FO. The van der Waals surface area contributed by atoms with Gasteiger partial charge in [0.15, 0.2) is 0 Å². The summed E-state index contributed by atoms with van der Waals surface area (Å²) in [6.45, 7) is 14.9. The average molecular weight is 455 g/mol. The minimum Gasteiger partial charge on any atom is -0.456 e. The zero-order valence-electron chi connectivity index (χ0n) is 21.1. The average Bonchev–Trinajstić information content (AvgIpc) is 2.82. The molecule has 0 unspecified atom stereocenters. The Morgan fingerprint density at radius 1 is 1.00 bits per heavy atom. The van der Waals surface area contributed by atoms with Crippen LogP contribution in [0, 0.1) is 5.41 Å². The molecule has 1 aliphatic rings. The number of hydrogen-bond donors (Lipinski definition) is 0. The monoisotopic (exact) mass is 454 g/mol. The molecule has 1 aliphatic carbocycles. The molecule has 0 N–H and O–H groups in total. The molecule has 0 heterocycles. The summed E-state index contributed by atoms with van der Waals surface area (Å²) in [7, 11) is 0. The van der Waals surface area contributed by atoms with E-state index in [1.807, 2.05) is 56.3 Å². The number of fused-ring (bicyclic) bond motifs is 1. The van der Waals surface area contributed by atoms with Gasteiger partial charge in [0.2, 0.25) is 0 Å². The molecule has 3 aromatic carbocycles. The first-order valence-electron chi connectivity index (χ1n) is 12.3. The molecule has 4 rings (SSSR count). The Labute approximate surface area is 203 Å². The van der Waals surface area contributed by atoms with Crippen LogP contribution < -0.4 is 4.74 Å². The Morgan fingerprint density at radius 3 is 2.41 bits per heavy atom. The molecule has 0 fully saturated rings. The third-order valence-corrected chi connectivity index (χ3v) is 7.23. The summed E-state index contributed by atoms with van der Waals surface area (Å²) in [4.78, 5) is 0. The fourth-order valence-electron chi connectivity index (χ4n) is 5.45. The van der Waals surface area contributed by atoms with Crippen molar-refractivity contribution >= 4 is 16.6 Å². The highest BCUT2D eigenvalue weighted by atomic mass is 19.1. The van der Waals surface area contributed by atoms with Crippen LogP contribution in [-0.4, -0.2) is 0 Å². The van der Waals surface area contributed by atoms with Crippen molar-refractivity contribution in [1.29, 1.82) is 0 Å². The first kappa shape index (κ1) is 24.0. The normalized spacial score (nSPS) is 16.4. The van der Waals surface area contributed by atoms with Crippen LogP contribution in [0.15, 0.2) is 89.5 Å². The van der Waals surface area contributed by atoms with E-state index in [0.717, 1.165) is 40.5 Å². The highest BCUT2D eigenvalue weighted by Crippen LogP contribution is 2.46. The Morgan fingerprint density at radius 2 is 1.68 bits per heavy atom. The molecule has 176 valence electrons. The first-order valence-corrected chi connectivity index (χ1v) is 12.3. The molecule has 0 saturated carbocycles. The van der Waals surface area contributed by atoms with Gasteiger partial charge in [0.25, 0.3) is 0 Å². The molecule has 0 aliphatic heterocycles. The van der Waals surface area contributed by atoms with Crippen LogP contribution in [0.5, 0.6) is 11.5 Å². The molecule has 2 heteroatoms. The summed E-state index contributed by atoms with van der Waals surface area (Å²) in [5, 5.41) is 2.16. The molecule has 1 nitrogen and oxygen atoms in total. The van der Waals surface area contributed by atoms with E-state index in [4.69, 9.17) is 4.74 Å². The molecule has 3 aromatic rings. The van der Waals surface area contributed by atoms with Gasteiger partial charge in [0.1, 0.15) is 17.3 Å². The van der Waals surface area contributed by atoms with Crippen LogP contribution in [0.25, 0.3) is 16.6 Å². The summed E-state index contributed by atoms with van der Waals surface area (Å²) in [6.07, 6.45) is 3.99. The third kappa shape index (κ3) is 4.46. The zero-order chi connectivity index (χ0) is 24.5. The van der Waals surface area contributed by atoms with Gasteiger partial charge in [-0.05, 0) is 79.2 Å². The van der Waals surface area contributed by atoms with Crippen LogP contribution in [0.1, 0.15) is 65.0 Å². The van der Waals surface area contributed by atoms with Gasteiger partial charge in [-0.25, -0.2) is 4.39 Å². The Balaban J connectivity index is 1.76. The first-order chi connectivity index (χ1) is 16.2. The Hall–Kier alpha value is -3.13. The van der Waals surface area contributed by atoms with Crippen molar-refractivity contribution in [2.75, 3.05) is 0 Å². The van der Waals surface area contributed by atoms with Gasteiger partial charge in [-0.2, -0.15) is 0 Å². The van der Waals surface area contributed by atoms with Crippen LogP contribution in [0.4, 0.5) is 4.39 Å². The van der Waals surface area contributed by atoms with Crippen molar-refractivity contribution in [2.45, 2.75) is 60.3 Å². The lowest BCUT2D eigenvalue weighted by molar-refractivity contribution is 0.373. The summed E-state index contributed by atoms with van der Waals surface area (Å²) < 4.78 is 22.5. The second kappa shape index (κ2) is 9.62. The topological polar surface area (TPSA) is 9.23 Å². The molecule has 0 spiro atoms. The van der Waals surface area contributed by atoms with E-state index < -0.39 is 0 Å². The number of allylic oxidation sites excluding steroid dienone is 4. The second-order valence-corrected chi connectivity index (χ2v) is 10.0. The number of halogens is 1. The summed E-state index contributed by atoms with van der Waals surface area (Å²) in [5.41, 5.74) is 5.45. The summed E-state index contributed by atoms with van der Waals surface area (Å²) in [5.74, 6) is 1.26. The van der Waals surface area contributed by atoms with E-state index in [9.17, 15) is 0 Å². The van der Waals surface area contributed by atoms with E-state index in [0.29, 0.717) is 23.3 Å². The fraction of sp³-hybridized carbons (Fsp3) is 0.312. The second-order valence-electron chi connectivity index (χ2n) is 10.0. The Kier molecular flexibility index (Phi) is 6.79. The van der Waals surface area contributed by atoms with E-state index in [1.54, 1.807) is 0 Å². The van der Waals surface area contributed by atoms with Crippen molar-refractivity contribution in [3.8, 4) is 11.5 Å². The molecule has 0 amide bonds. The molecule has 0 radical (unpaired) electrons. The SMILES string of the molecule is C=C(C1=C(C)CCCC1(C)C)/C(C)=C(\F)c1cccc(Oc2cccc3ccccc23)c1CC. The summed E-state index contributed by atoms with van der Waals surface area (Å²) >= 11 is 0. The van der Waals surface area contributed by atoms with Crippen molar-refractivity contribution in [3.63, 3.8) is 0 Å². The smallest absolute Gasteiger partial charge is 0.135 e. The number of benzene rings is 3. The fourth-order valence-corrected chi connectivity index (χ4v) is 5.45. The van der Waals surface area contributed by atoms with Crippen molar-refractivity contribution < 1.29 is 9.13 Å². The molecule has 34 heavy (non-hydrogen) atoms. The lowest BCUT2D eigenvalue weighted by Gasteiger charge is -2.36. The largest absolute Gasteiger partial charge is 0.456 e. The minimum absolute atomic E-state index is 0.00781. The predicted octanol–water partition coefficient (Wildman–Crippen LogP) is 9.98. The predicted molar refractivity (Wildman–Crippen MR) is 143 cm³/mol. The van der Waals surface area contributed by atoms with Crippen molar-refractivity contribution in [3.05, 3.63) is 101 Å². The molecule has 0 aromatic heterocycles. The molecule has 0 bridgehead atoms. The Bertz CT molecular complexity index is 1300. The van der Waals surface area contributed by atoms with Crippen LogP contribution in [0.3, 0.4) is 0 Å². The van der Waals surface area contributed by atoms with E-state index in [2.05, 4.69) is 45.5 Å². The molecular weight excluding hydrogens is 419 g/mol. The lowest BCUT2D eigenvalue weighted by atomic mass is 9.69. The van der Waals surface area contributed by atoms with E-state index >= 15 is 4.39 Å². The zero-order valence-corrected chi connectivity index (χ0v) is 21.1. The van der Waals surface area contributed by atoms with Gasteiger partial charge in [0, 0.05) is 16.5 Å².